The Morgan fingerprint density at radius 2 is 1.96 bits per heavy atom. The Morgan fingerprint density at radius 1 is 1.31 bits per heavy atom. The largest absolute Gasteiger partial charge is 0.493 e. The maximum Gasteiger partial charge on any atom is 0.330 e. The summed E-state index contributed by atoms with van der Waals surface area (Å²) in [6.07, 6.45) is 1.92. The summed E-state index contributed by atoms with van der Waals surface area (Å²) in [5.74, 6) is -0.266. The number of aliphatic carboxylic acids is 1. The van der Waals surface area contributed by atoms with E-state index in [0.29, 0.717) is 23.4 Å². The quantitative estimate of drug-likeness (QED) is 0.308. The molecule has 26 heavy (non-hydrogen) atoms. The molecule has 0 aliphatic rings. The molecule has 0 aliphatic carbocycles. The van der Waals surface area contributed by atoms with Crippen LogP contribution in [0.3, 0.4) is 0 Å². The van der Waals surface area contributed by atoms with Crippen LogP contribution in [0.4, 0.5) is 5.69 Å². The monoisotopic (exact) mass is 395 g/mol. The van der Waals surface area contributed by atoms with Crippen molar-refractivity contribution in [3.8, 4) is 5.75 Å². The first-order chi connectivity index (χ1) is 12.0. The fourth-order valence-electron chi connectivity index (χ4n) is 2.34. The molecule has 0 aliphatic heterocycles. The molecule has 0 bridgehead atoms. The minimum atomic E-state index is -0.980. The molecule has 2 aromatic rings. The van der Waals surface area contributed by atoms with Crippen LogP contribution in [0.15, 0.2) is 47.4 Å². The van der Waals surface area contributed by atoms with Crippen molar-refractivity contribution >= 4 is 41.7 Å². The van der Waals surface area contributed by atoms with Crippen molar-refractivity contribution in [1.29, 1.82) is 5.41 Å². The van der Waals surface area contributed by atoms with Gasteiger partial charge in [-0.1, -0.05) is 6.07 Å². The number of thioether (sulfide) groups is 1. The fraction of sp³-hybridized carbons (Fsp3) is 0.222. The molecule has 8 heteroatoms. The van der Waals surface area contributed by atoms with Gasteiger partial charge in [0.15, 0.2) is 6.04 Å². The van der Waals surface area contributed by atoms with E-state index in [4.69, 9.17) is 15.9 Å². The van der Waals surface area contributed by atoms with Crippen molar-refractivity contribution in [1.82, 2.24) is 0 Å². The average Bonchev–Trinajstić information content (AvgIpc) is 2.60. The number of amidine groups is 1. The molecule has 0 heterocycles. The number of halogens is 1. The zero-order valence-electron chi connectivity index (χ0n) is 14.5. The van der Waals surface area contributed by atoms with E-state index in [1.807, 2.05) is 19.2 Å². The van der Waals surface area contributed by atoms with Gasteiger partial charge in [-0.25, -0.2) is 4.79 Å². The smallest absolute Gasteiger partial charge is 0.330 e. The van der Waals surface area contributed by atoms with Gasteiger partial charge in [0.05, 0.1) is 6.61 Å². The summed E-state index contributed by atoms with van der Waals surface area (Å²) >= 11 is 1.51. The SMILES string of the molecule is CCOc1ccc(C(Nc2ccc(C(=N)N)cc2)C(=O)O)cc1SC.Cl. The van der Waals surface area contributed by atoms with Crippen molar-refractivity contribution < 1.29 is 14.6 Å². The van der Waals surface area contributed by atoms with Crippen LogP contribution in [0.25, 0.3) is 0 Å². The van der Waals surface area contributed by atoms with Crippen molar-refractivity contribution in [3.63, 3.8) is 0 Å². The summed E-state index contributed by atoms with van der Waals surface area (Å²) in [6.45, 7) is 2.46. The molecule has 0 amide bonds. The Labute approximate surface area is 163 Å². The molecular weight excluding hydrogens is 374 g/mol. The van der Waals surface area contributed by atoms with Crippen LogP contribution in [0, 0.1) is 5.41 Å². The predicted molar refractivity (Wildman–Crippen MR) is 108 cm³/mol. The van der Waals surface area contributed by atoms with E-state index in [1.165, 1.54) is 11.8 Å². The molecule has 6 nitrogen and oxygen atoms in total. The number of rotatable bonds is 8. The van der Waals surface area contributed by atoms with Crippen LogP contribution in [0.5, 0.6) is 5.75 Å². The van der Waals surface area contributed by atoms with Gasteiger partial charge in [-0.2, -0.15) is 0 Å². The van der Waals surface area contributed by atoms with Gasteiger partial charge in [-0.15, -0.1) is 24.2 Å². The van der Waals surface area contributed by atoms with E-state index in [0.717, 1.165) is 10.6 Å². The Kier molecular flexibility index (Phi) is 8.28. The van der Waals surface area contributed by atoms with E-state index < -0.39 is 12.0 Å². The Morgan fingerprint density at radius 3 is 2.46 bits per heavy atom. The number of hydrogen-bond donors (Lipinski definition) is 4. The maximum atomic E-state index is 11.7. The molecule has 2 rings (SSSR count). The molecule has 1 unspecified atom stereocenters. The molecular formula is C18H22ClN3O3S. The fourth-order valence-corrected chi connectivity index (χ4v) is 2.92. The van der Waals surface area contributed by atoms with Crippen molar-refractivity contribution in [2.45, 2.75) is 17.9 Å². The van der Waals surface area contributed by atoms with E-state index in [-0.39, 0.29) is 18.2 Å². The van der Waals surface area contributed by atoms with Crippen LogP contribution in [0.2, 0.25) is 0 Å². The van der Waals surface area contributed by atoms with E-state index >= 15 is 0 Å². The third kappa shape index (κ3) is 5.31. The Hall–Kier alpha value is -2.38. The molecule has 1 atom stereocenters. The van der Waals surface area contributed by atoms with Gasteiger partial charge < -0.3 is 20.9 Å². The number of nitrogens with one attached hydrogen (secondary N) is 2. The van der Waals surface area contributed by atoms with Crippen LogP contribution in [0.1, 0.15) is 24.1 Å². The second-order valence-corrected chi connectivity index (χ2v) is 6.10. The summed E-state index contributed by atoms with van der Waals surface area (Å²) < 4.78 is 5.56. The first-order valence-corrected chi connectivity index (χ1v) is 8.93. The number of carbonyl (C=O) groups is 1. The van der Waals surface area contributed by atoms with Crippen LogP contribution in [-0.4, -0.2) is 29.8 Å². The highest BCUT2D eigenvalue weighted by Gasteiger charge is 2.21. The highest BCUT2D eigenvalue weighted by molar-refractivity contribution is 7.98. The van der Waals surface area contributed by atoms with Crippen LogP contribution in [-0.2, 0) is 4.79 Å². The number of ether oxygens (including phenoxy) is 1. The normalized spacial score (nSPS) is 11.2. The first-order valence-electron chi connectivity index (χ1n) is 7.70. The third-order valence-electron chi connectivity index (χ3n) is 3.57. The Bertz CT molecular complexity index is 769. The topological polar surface area (TPSA) is 108 Å². The number of anilines is 1. The number of carboxylic acids is 1. The third-order valence-corrected chi connectivity index (χ3v) is 4.33. The summed E-state index contributed by atoms with van der Waals surface area (Å²) in [4.78, 5) is 12.6. The van der Waals surface area contributed by atoms with Crippen molar-refractivity contribution in [2.24, 2.45) is 5.73 Å². The molecule has 2 aromatic carbocycles. The molecule has 0 fully saturated rings. The highest BCUT2D eigenvalue weighted by atomic mass is 35.5. The van der Waals surface area contributed by atoms with Crippen molar-refractivity contribution in [2.75, 3.05) is 18.2 Å². The minimum Gasteiger partial charge on any atom is -0.493 e. The van der Waals surface area contributed by atoms with Crippen LogP contribution < -0.4 is 15.8 Å². The van der Waals surface area contributed by atoms with Gasteiger partial charge in [-0.3, -0.25) is 5.41 Å². The number of carboxylic acid groups (broad SMARTS) is 1. The van der Waals surface area contributed by atoms with Crippen LogP contribution >= 0.6 is 24.2 Å². The van der Waals surface area contributed by atoms with Gasteiger partial charge in [0.1, 0.15) is 11.6 Å². The second kappa shape index (κ2) is 9.94. The Balaban J connectivity index is 0.00000338. The van der Waals surface area contributed by atoms with E-state index in [1.54, 1.807) is 36.4 Å². The molecule has 140 valence electrons. The molecule has 0 radical (unpaired) electrons. The number of nitrogen functional groups attached to an aromatic ring is 1. The van der Waals surface area contributed by atoms with Gasteiger partial charge in [0, 0.05) is 16.1 Å². The zero-order chi connectivity index (χ0) is 18.4. The number of nitrogens with two attached hydrogens (primary N) is 1. The highest BCUT2D eigenvalue weighted by Crippen LogP contribution is 2.32. The summed E-state index contributed by atoms with van der Waals surface area (Å²) in [5.41, 5.74) is 7.29. The first kappa shape index (κ1) is 21.7. The summed E-state index contributed by atoms with van der Waals surface area (Å²) in [5, 5.41) is 20.0. The standard InChI is InChI=1S/C18H21N3O3S.ClH/c1-3-24-14-9-6-12(10-15(14)25-2)16(18(22)23)21-13-7-4-11(5-8-13)17(19)20;/h4-10,16,21H,3H2,1-2H3,(H3,19,20)(H,22,23);1H. The predicted octanol–water partition coefficient (Wildman–Crippen LogP) is 3.75. The molecule has 0 spiro atoms. The van der Waals surface area contributed by atoms with Gasteiger partial charge in [0.25, 0.3) is 0 Å². The number of benzene rings is 2. The lowest BCUT2D eigenvalue weighted by molar-refractivity contribution is -0.138. The minimum absolute atomic E-state index is 0. The average molecular weight is 396 g/mol. The zero-order valence-corrected chi connectivity index (χ0v) is 16.1. The lowest BCUT2D eigenvalue weighted by Gasteiger charge is -2.18. The summed E-state index contributed by atoms with van der Waals surface area (Å²) in [7, 11) is 0. The molecule has 0 saturated carbocycles. The molecule has 0 aromatic heterocycles. The summed E-state index contributed by atoms with van der Waals surface area (Å²) in [6, 6.07) is 11.2. The molecule has 0 saturated heterocycles. The lowest BCUT2D eigenvalue weighted by atomic mass is 10.1. The van der Waals surface area contributed by atoms with Gasteiger partial charge >= 0.3 is 5.97 Å². The lowest BCUT2D eigenvalue weighted by Crippen LogP contribution is -2.20. The van der Waals surface area contributed by atoms with E-state index in [9.17, 15) is 9.90 Å². The maximum absolute atomic E-state index is 11.7. The number of hydrogen-bond acceptors (Lipinski definition) is 5. The van der Waals surface area contributed by atoms with Gasteiger partial charge in [-0.05, 0) is 55.1 Å². The van der Waals surface area contributed by atoms with Crippen molar-refractivity contribution in [3.05, 3.63) is 53.6 Å². The van der Waals surface area contributed by atoms with E-state index in [2.05, 4.69) is 5.32 Å². The second-order valence-electron chi connectivity index (χ2n) is 5.25. The van der Waals surface area contributed by atoms with Gasteiger partial charge in [0.2, 0.25) is 0 Å². The molecule has 5 N–H and O–H groups in total.